The smallest absolute Gasteiger partial charge is 0.256 e. The highest BCUT2D eigenvalue weighted by atomic mass is 16.2. The van der Waals surface area contributed by atoms with Crippen molar-refractivity contribution in [2.45, 2.75) is 13.0 Å². The molecule has 1 aliphatic rings. The number of aromatic nitrogens is 1. The maximum atomic E-state index is 12.6. The first-order valence-electron chi connectivity index (χ1n) is 6.62. The molecule has 1 amide bonds. The first kappa shape index (κ1) is 12.1. The monoisotopic (exact) mass is 255 g/mol. The zero-order valence-corrected chi connectivity index (χ0v) is 11.0. The van der Waals surface area contributed by atoms with Gasteiger partial charge in [0.2, 0.25) is 0 Å². The van der Waals surface area contributed by atoms with Crippen LogP contribution in [0.5, 0.6) is 0 Å². The molecule has 0 spiro atoms. The summed E-state index contributed by atoms with van der Waals surface area (Å²) in [5.41, 5.74) is 1.49. The second-order valence-electron chi connectivity index (χ2n) is 4.99. The molecule has 98 valence electrons. The lowest BCUT2D eigenvalue weighted by atomic mass is 10.1. The van der Waals surface area contributed by atoms with Gasteiger partial charge in [-0.25, -0.2) is 0 Å². The number of hydrogen-bond acceptors (Lipinski definition) is 3. The van der Waals surface area contributed by atoms with Crippen LogP contribution in [0.3, 0.4) is 0 Å². The minimum atomic E-state index is 0.0812. The first-order valence-corrected chi connectivity index (χ1v) is 6.62. The summed E-state index contributed by atoms with van der Waals surface area (Å²) in [7, 11) is 0. The van der Waals surface area contributed by atoms with Gasteiger partial charge in [-0.15, -0.1) is 0 Å². The fraction of sp³-hybridized carbons (Fsp3) is 0.333. The van der Waals surface area contributed by atoms with Gasteiger partial charge in [0.15, 0.2) is 0 Å². The van der Waals surface area contributed by atoms with E-state index in [4.69, 9.17) is 0 Å². The Kier molecular flexibility index (Phi) is 3.17. The summed E-state index contributed by atoms with van der Waals surface area (Å²) >= 11 is 0. The molecule has 4 nitrogen and oxygen atoms in total. The lowest BCUT2D eigenvalue weighted by molar-refractivity contribution is 0.0711. The van der Waals surface area contributed by atoms with Crippen LogP contribution >= 0.6 is 0 Å². The molecular weight excluding hydrogens is 238 g/mol. The molecule has 0 unspecified atom stereocenters. The van der Waals surface area contributed by atoms with Crippen molar-refractivity contribution >= 4 is 16.8 Å². The van der Waals surface area contributed by atoms with Gasteiger partial charge in [0.25, 0.3) is 5.91 Å². The Hall–Kier alpha value is -1.94. The molecule has 0 saturated carbocycles. The maximum Gasteiger partial charge on any atom is 0.256 e. The topological polar surface area (TPSA) is 45.2 Å². The van der Waals surface area contributed by atoms with E-state index < -0.39 is 0 Å². The van der Waals surface area contributed by atoms with Crippen LogP contribution in [-0.2, 0) is 0 Å². The SMILES string of the molecule is C[C@H]1CN(C(=O)c2cccc3cccnc23)CCN1. The molecule has 0 bridgehead atoms. The second kappa shape index (κ2) is 4.97. The Balaban J connectivity index is 1.97. The minimum absolute atomic E-state index is 0.0812. The molecule has 1 fully saturated rings. The molecule has 0 radical (unpaired) electrons. The molecule has 0 aliphatic carbocycles. The fourth-order valence-corrected chi connectivity index (χ4v) is 2.56. The van der Waals surface area contributed by atoms with Crippen molar-refractivity contribution in [3.8, 4) is 0 Å². The summed E-state index contributed by atoms with van der Waals surface area (Å²) in [6, 6.07) is 10.00. The van der Waals surface area contributed by atoms with Gasteiger partial charge >= 0.3 is 0 Å². The number of hydrogen-bond donors (Lipinski definition) is 1. The number of pyridine rings is 1. The Morgan fingerprint density at radius 3 is 3.05 bits per heavy atom. The van der Waals surface area contributed by atoms with Crippen molar-refractivity contribution in [2.24, 2.45) is 0 Å². The Labute approximate surface area is 112 Å². The lowest BCUT2D eigenvalue weighted by Crippen LogP contribution is -2.51. The van der Waals surface area contributed by atoms with Gasteiger partial charge in [0.1, 0.15) is 0 Å². The number of carbonyl (C=O) groups is 1. The van der Waals surface area contributed by atoms with Crippen LogP contribution in [0.15, 0.2) is 36.5 Å². The standard InChI is InChI=1S/C15H17N3O/c1-11-10-18(9-8-16-11)15(19)13-6-2-4-12-5-3-7-17-14(12)13/h2-7,11,16H,8-10H2,1H3/t11-/m0/s1. The molecule has 1 N–H and O–H groups in total. The molecule has 19 heavy (non-hydrogen) atoms. The van der Waals surface area contributed by atoms with Crippen LogP contribution < -0.4 is 5.32 Å². The van der Waals surface area contributed by atoms with E-state index in [1.165, 1.54) is 0 Å². The van der Waals surface area contributed by atoms with E-state index in [9.17, 15) is 4.79 Å². The number of piperazine rings is 1. The average molecular weight is 255 g/mol. The van der Waals surface area contributed by atoms with Gasteiger partial charge in [-0.3, -0.25) is 9.78 Å². The molecule has 1 atom stereocenters. The highest BCUT2D eigenvalue weighted by molar-refractivity contribution is 6.05. The molecule has 2 heterocycles. The number of para-hydroxylation sites is 1. The molecule has 3 rings (SSSR count). The third kappa shape index (κ3) is 2.31. The molecule has 1 aromatic carbocycles. The van der Waals surface area contributed by atoms with Crippen LogP contribution in [0, 0.1) is 0 Å². The lowest BCUT2D eigenvalue weighted by Gasteiger charge is -2.32. The molecule has 1 saturated heterocycles. The summed E-state index contributed by atoms with van der Waals surface area (Å²) in [6.45, 7) is 4.46. The summed E-state index contributed by atoms with van der Waals surface area (Å²) in [5.74, 6) is 0.0812. The number of amides is 1. The Morgan fingerprint density at radius 2 is 2.21 bits per heavy atom. The number of nitrogens with zero attached hydrogens (tertiary/aromatic N) is 2. The van der Waals surface area contributed by atoms with Gasteiger partial charge in [-0.05, 0) is 19.1 Å². The van der Waals surface area contributed by atoms with E-state index >= 15 is 0 Å². The van der Waals surface area contributed by atoms with Crippen molar-refractivity contribution in [1.29, 1.82) is 0 Å². The van der Waals surface area contributed by atoms with E-state index in [1.807, 2.05) is 35.2 Å². The predicted octanol–water partition coefficient (Wildman–Crippen LogP) is 1.67. The highest BCUT2D eigenvalue weighted by Gasteiger charge is 2.23. The van der Waals surface area contributed by atoms with Crippen molar-refractivity contribution < 1.29 is 4.79 Å². The van der Waals surface area contributed by atoms with E-state index in [1.54, 1.807) is 6.20 Å². The highest BCUT2D eigenvalue weighted by Crippen LogP contribution is 2.18. The van der Waals surface area contributed by atoms with Crippen molar-refractivity contribution in [3.05, 3.63) is 42.1 Å². The zero-order chi connectivity index (χ0) is 13.2. The molecular formula is C15H17N3O. The van der Waals surface area contributed by atoms with Crippen LogP contribution in [0.25, 0.3) is 10.9 Å². The van der Waals surface area contributed by atoms with Crippen LogP contribution in [0.4, 0.5) is 0 Å². The van der Waals surface area contributed by atoms with Crippen LogP contribution in [-0.4, -0.2) is 41.5 Å². The Bertz CT molecular complexity index is 606. The van der Waals surface area contributed by atoms with E-state index in [2.05, 4.69) is 17.2 Å². The maximum absolute atomic E-state index is 12.6. The molecule has 1 aromatic heterocycles. The summed E-state index contributed by atoms with van der Waals surface area (Å²) < 4.78 is 0. The van der Waals surface area contributed by atoms with Gasteiger partial charge < -0.3 is 10.2 Å². The van der Waals surface area contributed by atoms with Gasteiger partial charge in [-0.2, -0.15) is 0 Å². The van der Waals surface area contributed by atoms with E-state index in [0.29, 0.717) is 11.6 Å². The first-order chi connectivity index (χ1) is 9.25. The van der Waals surface area contributed by atoms with Crippen LogP contribution in [0.2, 0.25) is 0 Å². The number of carbonyl (C=O) groups excluding carboxylic acids is 1. The minimum Gasteiger partial charge on any atom is -0.336 e. The quantitative estimate of drug-likeness (QED) is 0.843. The molecule has 2 aromatic rings. The fourth-order valence-electron chi connectivity index (χ4n) is 2.56. The van der Waals surface area contributed by atoms with E-state index in [0.717, 1.165) is 30.5 Å². The normalized spacial score (nSPS) is 19.6. The second-order valence-corrected chi connectivity index (χ2v) is 4.99. The third-order valence-corrected chi connectivity index (χ3v) is 3.52. The Morgan fingerprint density at radius 1 is 1.37 bits per heavy atom. The van der Waals surface area contributed by atoms with Crippen molar-refractivity contribution in [1.82, 2.24) is 15.2 Å². The van der Waals surface area contributed by atoms with Gasteiger partial charge in [-0.1, -0.05) is 18.2 Å². The molecule has 4 heteroatoms. The third-order valence-electron chi connectivity index (χ3n) is 3.52. The van der Waals surface area contributed by atoms with Crippen LogP contribution in [0.1, 0.15) is 17.3 Å². The molecule has 1 aliphatic heterocycles. The summed E-state index contributed by atoms with van der Waals surface area (Å²) in [5, 5.41) is 4.36. The largest absolute Gasteiger partial charge is 0.336 e. The zero-order valence-electron chi connectivity index (χ0n) is 11.0. The summed E-state index contributed by atoms with van der Waals surface area (Å²) in [6.07, 6.45) is 1.74. The van der Waals surface area contributed by atoms with Crippen molar-refractivity contribution in [2.75, 3.05) is 19.6 Å². The van der Waals surface area contributed by atoms with Gasteiger partial charge in [0, 0.05) is 37.3 Å². The average Bonchev–Trinajstić information content (AvgIpc) is 2.46. The van der Waals surface area contributed by atoms with Gasteiger partial charge in [0.05, 0.1) is 11.1 Å². The number of fused-ring (bicyclic) bond motifs is 1. The summed E-state index contributed by atoms with van der Waals surface area (Å²) in [4.78, 5) is 18.9. The van der Waals surface area contributed by atoms with E-state index in [-0.39, 0.29) is 5.91 Å². The number of benzene rings is 1. The number of nitrogens with one attached hydrogen (secondary N) is 1. The number of rotatable bonds is 1. The predicted molar refractivity (Wildman–Crippen MR) is 75.1 cm³/mol. The van der Waals surface area contributed by atoms with Crippen molar-refractivity contribution in [3.63, 3.8) is 0 Å².